The SMILES string of the molecule is NCc1cnn(C2CC2)c1. The van der Waals surface area contributed by atoms with Gasteiger partial charge in [-0.15, -0.1) is 0 Å². The van der Waals surface area contributed by atoms with E-state index in [1.165, 1.54) is 12.8 Å². The lowest BCUT2D eigenvalue weighted by Gasteiger charge is -1.92. The average Bonchev–Trinajstić information content (AvgIpc) is 2.70. The van der Waals surface area contributed by atoms with Crippen LogP contribution in [0.5, 0.6) is 0 Å². The molecule has 2 N–H and O–H groups in total. The Hall–Kier alpha value is -0.830. The second-order valence-electron chi connectivity index (χ2n) is 2.76. The van der Waals surface area contributed by atoms with E-state index in [9.17, 15) is 0 Å². The standard InChI is InChI=1S/C7H11N3/c8-3-6-4-9-10(5-6)7-1-2-7/h4-5,7H,1-3,8H2. The van der Waals surface area contributed by atoms with E-state index < -0.39 is 0 Å². The molecule has 1 saturated carbocycles. The van der Waals surface area contributed by atoms with Gasteiger partial charge in [-0.2, -0.15) is 5.10 Å². The van der Waals surface area contributed by atoms with E-state index in [2.05, 4.69) is 5.10 Å². The Morgan fingerprint density at radius 1 is 1.70 bits per heavy atom. The first kappa shape index (κ1) is 5.92. The van der Waals surface area contributed by atoms with Crippen molar-refractivity contribution in [1.82, 2.24) is 9.78 Å². The fourth-order valence-electron chi connectivity index (χ4n) is 1.02. The van der Waals surface area contributed by atoms with Gasteiger partial charge >= 0.3 is 0 Å². The van der Waals surface area contributed by atoms with Crippen LogP contribution in [0, 0.1) is 0 Å². The third-order valence-corrected chi connectivity index (χ3v) is 1.81. The van der Waals surface area contributed by atoms with Crippen LogP contribution in [0.3, 0.4) is 0 Å². The highest BCUT2D eigenvalue weighted by atomic mass is 15.3. The number of hydrogen-bond donors (Lipinski definition) is 1. The lowest BCUT2D eigenvalue weighted by molar-refractivity contribution is 0.641. The minimum Gasteiger partial charge on any atom is -0.326 e. The molecule has 1 heterocycles. The van der Waals surface area contributed by atoms with Crippen molar-refractivity contribution in [1.29, 1.82) is 0 Å². The van der Waals surface area contributed by atoms with E-state index in [1.54, 1.807) is 0 Å². The molecule has 54 valence electrons. The molecule has 3 heteroatoms. The van der Waals surface area contributed by atoms with Crippen LogP contribution in [-0.4, -0.2) is 9.78 Å². The van der Waals surface area contributed by atoms with Gasteiger partial charge in [0.15, 0.2) is 0 Å². The Kier molecular flexibility index (Phi) is 1.24. The van der Waals surface area contributed by atoms with Crippen LogP contribution in [0.25, 0.3) is 0 Å². The zero-order valence-electron chi connectivity index (χ0n) is 5.83. The first-order chi connectivity index (χ1) is 4.90. The molecule has 0 radical (unpaired) electrons. The smallest absolute Gasteiger partial charge is 0.0534 e. The maximum Gasteiger partial charge on any atom is 0.0534 e. The summed E-state index contributed by atoms with van der Waals surface area (Å²) in [5, 5.41) is 4.19. The third-order valence-electron chi connectivity index (χ3n) is 1.81. The molecule has 10 heavy (non-hydrogen) atoms. The van der Waals surface area contributed by atoms with Crippen LogP contribution in [0.2, 0.25) is 0 Å². The highest BCUT2D eigenvalue weighted by Gasteiger charge is 2.23. The number of hydrogen-bond acceptors (Lipinski definition) is 2. The predicted molar refractivity (Wildman–Crippen MR) is 38.4 cm³/mol. The molecule has 1 aromatic rings. The van der Waals surface area contributed by atoms with Gasteiger partial charge in [-0.05, 0) is 12.8 Å². The maximum absolute atomic E-state index is 5.43. The summed E-state index contributed by atoms with van der Waals surface area (Å²) in [5.74, 6) is 0. The summed E-state index contributed by atoms with van der Waals surface area (Å²) in [7, 11) is 0. The first-order valence-corrected chi connectivity index (χ1v) is 3.63. The van der Waals surface area contributed by atoms with E-state index >= 15 is 0 Å². The first-order valence-electron chi connectivity index (χ1n) is 3.63. The van der Waals surface area contributed by atoms with Crippen molar-refractivity contribution >= 4 is 0 Å². The summed E-state index contributed by atoms with van der Waals surface area (Å²) in [6.07, 6.45) is 6.45. The topological polar surface area (TPSA) is 43.8 Å². The number of nitrogens with two attached hydrogens (primary N) is 1. The molecule has 0 unspecified atom stereocenters. The van der Waals surface area contributed by atoms with E-state index in [4.69, 9.17) is 5.73 Å². The molecule has 0 amide bonds. The van der Waals surface area contributed by atoms with Crippen LogP contribution in [0.4, 0.5) is 0 Å². The molecule has 1 aliphatic carbocycles. The molecule has 2 rings (SSSR count). The molecule has 0 aliphatic heterocycles. The minimum atomic E-state index is 0.604. The van der Waals surface area contributed by atoms with Crippen molar-refractivity contribution in [3.05, 3.63) is 18.0 Å². The molecular formula is C7H11N3. The van der Waals surface area contributed by atoms with Crippen molar-refractivity contribution in [3.63, 3.8) is 0 Å². The van der Waals surface area contributed by atoms with Crippen molar-refractivity contribution < 1.29 is 0 Å². The largest absolute Gasteiger partial charge is 0.326 e. The Labute approximate surface area is 59.8 Å². The molecule has 3 nitrogen and oxygen atoms in total. The molecule has 1 aromatic heterocycles. The zero-order chi connectivity index (χ0) is 6.97. The van der Waals surface area contributed by atoms with E-state index in [-0.39, 0.29) is 0 Å². The summed E-state index contributed by atoms with van der Waals surface area (Å²) in [4.78, 5) is 0. The van der Waals surface area contributed by atoms with Gasteiger partial charge in [0.1, 0.15) is 0 Å². The fraction of sp³-hybridized carbons (Fsp3) is 0.571. The van der Waals surface area contributed by atoms with Crippen LogP contribution in [-0.2, 0) is 6.54 Å². The zero-order valence-corrected chi connectivity index (χ0v) is 5.83. The number of nitrogens with zero attached hydrogens (tertiary/aromatic N) is 2. The van der Waals surface area contributed by atoms with E-state index in [0.717, 1.165) is 5.56 Å². The van der Waals surface area contributed by atoms with Gasteiger partial charge < -0.3 is 5.73 Å². The molecule has 0 bridgehead atoms. The van der Waals surface area contributed by atoms with Gasteiger partial charge in [0.25, 0.3) is 0 Å². The summed E-state index contributed by atoms with van der Waals surface area (Å²) < 4.78 is 2.02. The van der Waals surface area contributed by atoms with Gasteiger partial charge in [0.05, 0.1) is 12.2 Å². The quantitative estimate of drug-likeness (QED) is 0.651. The van der Waals surface area contributed by atoms with Gasteiger partial charge in [0, 0.05) is 18.3 Å². The summed E-state index contributed by atoms with van der Waals surface area (Å²) in [6.45, 7) is 0.604. The van der Waals surface area contributed by atoms with Crippen LogP contribution in [0.1, 0.15) is 24.4 Å². The fourth-order valence-corrected chi connectivity index (χ4v) is 1.02. The second-order valence-corrected chi connectivity index (χ2v) is 2.76. The number of rotatable bonds is 2. The Balaban J connectivity index is 2.19. The van der Waals surface area contributed by atoms with Gasteiger partial charge in [-0.3, -0.25) is 4.68 Å². The van der Waals surface area contributed by atoms with Crippen LogP contribution < -0.4 is 5.73 Å². The molecule has 0 aromatic carbocycles. The normalized spacial score (nSPS) is 17.7. The highest BCUT2D eigenvalue weighted by Crippen LogP contribution is 2.33. The molecule has 0 atom stereocenters. The average molecular weight is 137 g/mol. The summed E-state index contributed by atoms with van der Waals surface area (Å²) >= 11 is 0. The molecule has 1 fully saturated rings. The molecule has 0 saturated heterocycles. The summed E-state index contributed by atoms with van der Waals surface area (Å²) in [5.41, 5.74) is 6.56. The molecule has 0 spiro atoms. The number of aromatic nitrogens is 2. The summed E-state index contributed by atoms with van der Waals surface area (Å²) in [6, 6.07) is 0.681. The van der Waals surface area contributed by atoms with Gasteiger partial charge in [0.2, 0.25) is 0 Å². The van der Waals surface area contributed by atoms with Gasteiger partial charge in [-0.1, -0.05) is 0 Å². The van der Waals surface area contributed by atoms with Crippen molar-refractivity contribution in [2.45, 2.75) is 25.4 Å². The third kappa shape index (κ3) is 0.926. The van der Waals surface area contributed by atoms with Crippen molar-refractivity contribution in [2.24, 2.45) is 5.73 Å². The molecule has 1 aliphatic rings. The Morgan fingerprint density at radius 3 is 3.00 bits per heavy atom. The van der Waals surface area contributed by atoms with Crippen molar-refractivity contribution in [2.75, 3.05) is 0 Å². The monoisotopic (exact) mass is 137 g/mol. The maximum atomic E-state index is 5.43. The Morgan fingerprint density at radius 2 is 2.50 bits per heavy atom. The lowest BCUT2D eigenvalue weighted by Crippen LogP contribution is -1.95. The predicted octanol–water partition coefficient (Wildman–Crippen LogP) is 0.677. The van der Waals surface area contributed by atoms with E-state index in [0.29, 0.717) is 12.6 Å². The van der Waals surface area contributed by atoms with Crippen molar-refractivity contribution in [3.8, 4) is 0 Å². The van der Waals surface area contributed by atoms with Crippen LogP contribution >= 0.6 is 0 Å². The highest BCUT2D eigenvalue weighted by molar-refractivity contribution is 5.04. The van der Waals surface area contributed by atoms with E-state index in [1.807, 2.05) is 17.1 Å². The van der Waals surface area contributed by atoms with Crippen LogP contribution in [0.15, 0.2) is 12.4 Å². The van der Waals surface area contributed by atoms with Gasteiger partial charge in [-0.25, -0.2) is 0 Å². The minimum absolute atomic E-state index is 0.604. The molecular weight excluding hydrogens is 126 g/mol. The lowest BCUT2D eigenvalue weighted by atomic mass is 10.4. The Bertz CT molecular complexity index is 225. The second kappa shape index (κ2) is 2.09.